The molecule has 1 aliphatic rings. The monoisotopic (exact) mass is 351 g/mol. The molecule has 26 heavy (non-hydrogen) atoms. The Bertz CT molecular complexity index is 824. The average Bonchev–Trinajstić information content (AvgIpc) is 2.79. The summed E-state index contributed by atoms with van der Waals surface area (Å²) in [6, 6.07) is 14.3. The van der Waals surface area contributed by atoms with E-state index in [4.69, 9.17) is 9.47 Å². The Morgan fingerprint density at radius 3 is 2.77 bits per heavy atom. The second kappa shape index (κ2) is 8.19. The van der Waals surface area contributed by atoms with Crippen molar-refractivity contribution in [2.24, 2.45) is 0 Å². The number of hydrogen-bond acceptors (Lipinski definition) is 4. The molecule has 0 saturated heterocycles. The third kappa shape index (κ3) is 4.14. The van der Waals surface area contributed by atoms with E-state index in [1.807, 2.05) is 18.2 Å². The number of nitrogens with zero attached hydrogens (tertiary/aromatic N) is 1. The van der Waals surface area contributed by atoms with E-state index in [1.54, 1.807) is 0 Å². The lowest BCUT2D eigenvalue weighted by Crippen LogP contribution is -2.12. The van der Waals surface area contributed by atoms with Gasteiger partial charge in [-0.25, -0.2) is 0 Å². The minimum atomic E-state index is -0.238. The van der Waals surface area contributed by atoms with E-state index < -0.39 is 0 Å². The fourth-order valence-corrected chi connectivity index (χ4v) is 3.16. The summed E-state index contributed by atoms with van der Waals surface area (Å²) >= 11 is 0. The van der Waals surface area contributed by atoms with Crippen molar-refractivity contribution in [1.82, 2.24) is 4.90 Å². The van der Waals surface area contributed by atoms with Gasteiger partial charge in [0.15, 0.2) is 0 Å². The lowest BCUT2D eigenvalue weighted by Gasteiger charge is -2.13. The van der Waals surface area contributed by atoms with Crippen molar-refractivity contribution in [1.29, 1.82) is 0 Å². The van der Waals surface area contributed by atoms with Gasteiger partial charge in [-0.3, -0.25) is 4.79 Å². The summed E-state index contributed by atoms with van der Waals surface area (Å²) in [6.07, 6.45) is 3.47. The normalized spacial score (nSPS) is 14.4. The molecule has 0 fully saturated rings. The first-order valence-electron chi connectivity index (χ1n) is 8.84. The molecule has 0 N–H and O–H groups in total. The maximum atomic E-state index is 11.7. The summed E-state index contributed by atoms with van der Waals surface area (Å²) in [5.41, 5.74) is 5.50. The number of methoxy groups -OCH3 is 1. The van der Waals surface area contributed by atoms with Gasteiger partial charge in [0.25, 0.3) is 0 Å². The number of rotatable bonds is 5. The number of esters is 1. The van der Waals surface area contributed by atoms with Gasteiger partial charge in [0.05, 0.1) is 13.5 Å². The fourth-order valence-electron chi connectivity index (χ4n) is 3.16. The van der Waals surface area contributed by atoms with Crippen LogP contribution in [-0.2, 0) is 22.6 Å². The molecule has 3 rings (SSSR count). The van der Waals surface area contributed by atoms with Crippen LogP contribution in [0.1, 0.15) is 28.7 Å². The Labute approximate surface area is 155 Å². The number of carbonyl (C=O) groups excluding carboxylic acids is 1. The van der Waals surface area contributed by atoms with Gasteiger partial charge in [-0.1, -0.05) is 36.4 Å². The molecular weight excluding hydrogens is 326 g/mol. The van der Waals surface area contributed by atoms with Gasteiger partial charge < -0.3 is 14.4 Å². The zero-order chi connectivity index (χ0) is 18.5. The number of benzene rings is 2. The largest absolute Gasteiger partial charge is 0.488 e. The number of carbonyl (C=O) groups is 1. The summed E-state index contributed by atoms with van der Waals surface area (Å²) in [6.45, 7) is 1.52. The van der Waals surface area contributed by atoms with Crippen molar-refractivity contribution in [3.05, 3.63) is 70.8 Å². The quantitative estimate of drug-likeness (QED) is 0.771. The summed E-state index contributed by atoms with van der Waals surface area (Å²) in [5.74, 6) is 0.615. The van der Waals surface area contributed by atoms with Crippen molar-refractivity contribution in [2.45, 2.75) is 19.4 Å². The smallest absolute Gasteiger partial charge is 0.309 e. The lowest BCUT2D eigenvalue weighted by atomic mass is 9.92. The van der Waals surface area contributed by atoms with E-state index in [0.717, 1.165) is 29.8 Å². The molecule has 1 aliphatic heterocycles. The fraction of sp³-hybridized carbons (Fsp3) is 0.318. The van der Waals surface area contributed by atoms with Crippen molar-refractivity contribution in [3.8, 4) is 5.75 Å². The number of ether oxygens (including phenoxy) is 2. The van der Waals surface area contributed by atoms with E-state index in [0.29, 0.717) is 6.61 Å². The molecule has 0 atom stereocenters. The number of hydrogen-bond donors (Lipinski definition) is 0. The van der Waals surface area contributed by atoms with Crippen LogP contribution in [-0.4, -0.2) is 38.6 Å². The average molecular weight is 351 g/mol. The Kier molecular flexibility index (Phi) is 5.74. The highest BCUT2D eigenvalue weighted by Gasteiger charge is 2.19. The highest BCUT2D eigenvalue weighted by Crippen LogP contribution is 2.37. The van der Waals surface area contributed by atoms with Crippen LogP contribution in [0.25, 0.3) is 5.57 Å². The lowest BCUT2D eigenvalue weighted by molar-refractivity contribution is -0.139. The zero-order valence-electron chi connectivity index (χ0n) is 15.6. The van der Waals surface area contributed by atoms with Crippen LogP contribution < -0.4 is 4.74 Å². The van der Waals surface area contributed by atoms with Crippen molar-refractivity contribution in [3.63, 3.8) is 0 Å². The second-order valence-corrected chi connectivity index (χ2v) is 6.74. The van der Waals surface area contributed by atoms with Crippen molar-refractivity contribution >= 4 is 11.5 Å². The first-order chi connectivity index (χ1) is 12.6. The van der Waals surface area contributed by atoms with Crippen LogP contribution in [0.5, 0.6) is 5.75 Å². The molecular formula is C22H25NO3. The van der Waals surface area contributed by atoms with Crippen molar-refractivity contribution < 1.29 is 14.3 Å². The molecule has 0 aromatic heterocycles. The van der Waals surface area contributed by atoms with Gasteiger partial charge in [-0.05, 0) is 54.9 Å². The summed E-state index contributed by atoms with van der Waals surface area (Å²) in [5, 5.41) is 0. The molecule has 4 heteroatoms. The van der Waals surface area contributed by atoms with E-state index in [1.165, 1.54) is 23.8 Å². The van der Waals surface area contributed by atoms with E-state index in [9.17, 15) is 4.79 Å². The molecule has 0 spiro atoms. The van der Waals surface area contributed by atoms with Gasteiger partial charge in [-0.2, -0.15) is 0 Å². The Morgan fingerprint density at radius 2 is 2.00 bits per heavy atom. The summed E-state index contributed by atoms with van der Waals surface area (Å²) in [7, 11) is 5.56. The van der Waals surface area contributed by atoms with Crippen LogP contribution in [0.15, 0.2) is 48.5 Å². The van der Waals surface area contributed by atoms with Crippen LogP contribution >= 0.6 is 0 Å². The van der Waals surface area contributed by atoms with Crippen molar-refractivity contribution in [2.75, 3.05) is 27.7 Å². The van der Waals surface area contributed by atoms with Gasteiger partial charge >= 0.3 is 5.97 Å². The van der Waals surface area contributed by atoms with E-state index in [2.05, 4.69) is 49.3 Å². The van der Waals surface area contributed by atoms with Gasteiger partial charge in [-0.15, -0.1) is 0 Å². The topological polar surface area (TPSA) is 38.8 Å². The summed E-state index contributed by atoms with van der Waals surface area (Å²) < 4.78 is 10.9. The van der Waals surface area contributed by atoms with Gasteiger partial charge in [0.1, 0.15) is 12.4 Å². The highest BCUT2D eigenvalue weighted by molar-refractivity contribution is 5.85. The van der Waals surface area contributed by atoms with Gasteiger partial charge in [0, 0.05) is 12.1 Å². The van der Waals surface area contributed by atoms with Crippen LogP contribution in [0, 0.1) is 0 Å². The van der Waals surface area contributed by atoms with Crippen LogP contribution in [0.4, 0.5) is 0 Å². The maximum absolute atomic E-state index is 11.7. The molecule has 1 heterocycles. The Morgan fingerprint density at radius 1 is 1.19 bits per heavy atom. The first-order valence-corrected chi connectivity index (χ1v) is 8.84. The molecule has 0 unspecified atom stereocenters. The van der Waals surface area contributed by atoms with Crippen LogP contribution in [0.3, 0.4) is 0 Å². The van der Waals surface area contributed by atoms with E-state index >= 15 is 0 Å². The van der Waals surface area contributed by atoms with Crippen LogP contribution in [0.2, 0.25) is 0 Å². The third-order valence-electron chi connectivity index (χ3n) is 4.53. The van der Waals surface area contributed by atoms with E-state index in [-0.39, 0.29) is 12.4 Å². The molecule has 136 valence electrons. The molecule has 0 radical (unpaired) electrons. The SMILES string of the molecule is COC(=O)Cc1ccc2c(c1)C(=CCCN(C)C)c1ccccc1CO2. The Hall–Kier alpha value is -2.59. The minimum absolute atomic E-state index is 0.238. The highest BCUT2D eigenvalue weighted by atomic mass is 16.5. The third-order valence-corrected chi connectivity index (χ3v) is 4.53. The summed E-state index contributed by atoms with van der Waals surface area (Å²) in [4.78, 5) is 13.8. The molecule has 0 saturated carbocycles. The Balaban J connectivity index is 2.05. The zero-order valence-corrected chi connectivity index (χ0v) is 15.6. The molecule has 2 aromatic rings. The molecule has 0 bridgehead atoms. The standard InChI is InChI=1S/C22H25NO3/c1-23(2)12-6-9-19-18-8-5-4-7-17(18)15-26-21-11-10-16(13-20(19)21)14-22(24)25-3/h4-5,7-11,13H,6,12,14-15H2,1-3H3. The molecule has 0 amide bonds. The number of fused-ring (bicyclic) bond motifs is 2. The van der Waals surface area contributed by atoms with Gasteiger partial charge in [0.2, 0.25) is 0 Å². The molecule has 4 nitrogen and oxygen atoms in total. The molecule has 0 aliphatic carbocycles. The first kappa shape index (κ1) is 18.2. The minimum Gasteiger partial charge on any atom is -0.488 e. The predicted octanol–water partition coefficient (Wildman–Crippen LogP) is 3.68. The predicted molar refractivity (Wildman–Crippen MR) is 103 cm³/mol. The second-order valence-electron chi connectivity index (χ2n) is 6.74. The maximum Gasteiger partial charge on any atom is 0.309 e. The molecule has 2 aromatic carbocycles.